The monoisotopic (exact) mass is 343 g/mol. The fraction of sp³-hybridized carbons (Fsp3) is 0.562. The van der Waals surface area contributed by atoms with Crippen LogP contribution in [0.3, 0.4) is 0 Å². The van der Waals surface area contributed by atoms with Crippen LogP contribution >= 0.6 is 15.9 Å². The number of nitrogens with two attached hydrogens (primary N) is 1. The van der Waals surface area contributed by atoms with E-state index in [1.807, 2.05) is 0 Å². The van der Waals surface area contributed by atoms with Gasteiger partial charge in [0.25, 0.3) is 0 Å². The van der Waals surface area contributed by atoms with Crippen molar-refractivity contribution in [3.8, 4) is 0 Å². The van der Waals surface area contributed by atoms with Crippen LogP contribution in [0.25, 0.3) is 0 Å². The molecule has 1 aromatic carbocycles. The van der Waals surface area contributed by atoms with E-state index < -0.39 is 0 Å². The number of carbonyl (C=O) groups excluding carboxylic acids is 1. The molecule has 2 N–H and O–H groups in total. The van der Waals surface area contributed by atoms with Crippen LogP contribution in [0.5, 0.6) is 0 Å². The summed E-state index contributed by atoms with van der Waals surface area (Å²) >= 11 is 3.24. The maximum atomic E-state index is 13.2. The highest BCUT2D eigenvalue weighted by atomic mass is 79.9. The van der Waals surface area contributed by atoms with Gasteiger partial charge in [0, 0.05) is 17.3 Å². The Balaban J connectivity index is 2.50. The van der Waals surface area contributed by atoms with Crippen molar-refractivity contribution in [3.63, 3.8) is 0 Å². The molecule has 0 radical (unpaired) electrons. The second-order valence-corrected chi connectivity index (χ2v) is 6.53. The van der Waals surface area contributed by atoms with E-state index >= 15 is 0 Å². The molecule has 0 bridgehead atoms. The number of carbonyl (C=O) groups is 1. The highest BCUT2D eigenvalue weighted by Gasteiger charge is 2.15. The van der Waals surface area contributed by atoms with E-state index in [1.165, 1.54) is 12.1 Å². The standard InChI is InChI=1S/C16H23BrFNO/c1-11(2)13(5-6-19)3-4-16(20)9-12-7-14(17)10-15(18)8-12/h7-8,10-11,13H,3-6,9,19H2,1-2H3. The van der Waals surface area contributed by atoms with Crippen LogP contribution in [0.4, 0.5) is 4.39 Å². The summed E-state index contributed by atoms with van der Waals surface area (Å²) in [6.07, 6.45) is 2.65. The summed E-state index contributed by atoms with van der Waals surface area (Å²) in [5.41, 5.74) is 6.32. The number of benzene rings is 1. The van der Waals surface area contributed by atoms with E-state index in [9.17, 15) is 9.18 Å². The molecule has 0 spiro atoms. The highest BCUT2D eigenvalue weighted by molar-refractivity contribution is 9.10. The Bertz CT molecular complexity index is 428. The van der Waals surface area contributed by atoms with Gasteiger partial charge in [-0.2, -0.15) is 0 Å². The van der Waals surface area contributed by atoms with Crippen molar-refractivity contribution in [2.45, 2.75) is 39.5 Å². The van der Waals surface area contributed by atoms with Crippen molar-refractivity contribution in [2.24, 2.45) is 17.6 Å². The van der Waals surface area contributed by atoms with Gasteiger partial charge in [0.2, 0.25) is 0 Å². The van der Waals surface area contributed by atoms with E-state index in [4.69, 9.17) is 5.73 Å². The second-order valence-electron chi connectivity index (χ2n) is 5.61. The van der Waals surface area contributed by atoms with Gasteiger partial charge in [-0.3, -0.25) is 4.79 Å². The number of halogens is 2. The number of Topliss-reactive ketones (excluding diaryl/α,β-unsaturated/α-hetero) is 1. The maximum Gasteiger partial charge on any atom is 0.137 e. The maximum absolute atomic E-state index is 13.2. The minimum Gasteiger partial charge on any atom is -0.330 e. The van der Waals surface area contributed by atoms with Crippen LogP contribution in [0, 0.1) is 17.7 Å². The molecule has 112 valence electrons. The predicted molar refractivity (Wildman–Crippen MR) is 84.0 cm³/mol. The molecule has 0 amide bonds. The van der Waals surface area contributed by atoms with Gasteiger partial charge in [0.15, 0.2) is 0 Å². The van der Waals surface area contributed by atoms with Crippen molar-refractivity contribution in [2.75, 3.05) is 6.54 Å². The largest absolute Gasteiger partial charge is 0.330 e. The first-order valence-corrected chi connectivity index (χ1v) is 7.88. The molecule has 0 aliphatic carbocycles. The van der Waals surface area contributed by atoms with Gasteiger partial charge in [0.05, 0.1) is 0 Å². The zero-order chi connectivity index (χ0) is 15.1. The Morgan fingerprint density at radius 3 is 2.55 bits per heavy atom. The summed E-state index contributed by atoms with van der Waals surface area (Å²) in [6, 6.07) is 4.60. The molecule has 2 nitrogen and oxygen atoms in total. The molecule has 0 aromatic heterocycles. The highest BCUT2D eigenvalue weighted by Crippen LogP contribution is 2.21. The third-order valence-corrected chi connectivity index (χ3v) is 4.06. The van der Waals surface area contributed by atoms with Gasteiger partial charge in [-0.15, -0.1) is 0 Å². The Morgan fingerprint density at radius 2 is 2.00 bits per heavy atom. The summed E-state index contributed by atoms with van der Waals surface area (Å²) in [7, 11) is 0. The number of hydrogen-bond acceptors (Lipinski definition) is 2. The molecule has 0 aliphatic heterocycles. The Labute approximate surface area is 129 Å². The molecule has 1 aromatic rings. The molecule has 0 heterocycles. The van der Waals surface area contributed by atoms with Gasteiger partial charge >= 0.3 is 0 Å². The molecule has 1 unspecified atom stereocenters. The van der Waals surface area contributed by atoms with E-state index in [0.29, 0.717) is 35.7 Å². The molecule has 0 saturated carbocycles. The summed E-state index contributed by atoms with van der Waals surface area (Å²) in [5, 5.41) is 0. The lowest BCUT2D eigenvalue weighted by Gasteiger charge is -2.19. The van der Waals surface area contributed by atoms with E-state index in [0.717, 1.165) is 18.4 Å². The number of rotatable bonds is 8. The zero-order valence-corrected chi connectivity index (χ0v) is 13.7. The van der Waals surface area contributed by atoms with E-state index in [1.54, 1.807) is 6.07 Å². The van der Waals surface area contributed by atoms with Crippen molar-refractivity contribution in [3.05, 3.63) is 34.1 Å². The van der Waals surface area contributed by atoms with Crippen LogP contribution in [0.2, 0.25) is 0 Å². The fourth-order valence-corrected chi connectivity index (χ4v) is 2.91. The van der Waals surface area contributed by atoms with Gasteiger partial charge in [-0.05, 0) is 55.0 Å². The molecule has 0 aliphatic rings. The Kier molecular flexibility index (Phi) is 7.38. The topological polar surface area (TPSA) is 43.1 Å². The Morgan fingerprint density at radius 1 is 1.30 bits per heavy atom. The number of ketones is 1. The zero-order valence-electron chi connectivity index (χ0n) is 12.2. The van der Waals surface area contributed by atoms with Gasteiger partial charge in [-0.1, -0.05) is 29.8 Å². The average Bonchev–Trinajstić information content (AvgIpc) is 2.32. The first-order valence-electron chi connectivity index (χ1n) is 7.09. The molecular weight excluding hydrogens is 321 g/mol. The lowest BCUT2D eigenvalue weighted by atomic mass is 9.87. The molecule has 1 rings (SSSR count). The van der Waals surface area contributed by atoms with Crippen LogP contribution in [-0.4, -0.2) is 12.3 Å². The van der Waals surface area contributed by atoms with Crippen molar-refractivity contribution in [1.82, 2.24) is 0 Å². The van der Waals surface area contributed by atoms with Gasteiger partial charge < -0.3 is 5.73 Å². The van der Waals surface area contributed by atoms with Gasteiger partial charge in [-0.25, -0.2) is 4.39 Å². The summed E-state index contributed by atoms with van der Waals surface area (Å²) in [5.74, 6) is 0.869. The predicted octanol–water partition coefficient (Wildman–Crippen LogP) is 4.10. The first-order chi connectivity index (χ1) is 9.42. The van der Waals surface area contributed by atoms with Crippen molar-refractivity contribution < 1.29 is 9.18 Å². The lowest BCUT2D eigenvalue weighted by molar-refractivity contribution is -0.118. The van der Waals surface area contributed by atoms with Crippen LogP contribution in [0.1, 0.15) is 38.7 Å². The smallest absolute Gasteiger partial charge is 0.137 e. The van der Waals surface area contributed by atoms with Crippen LogP contribution < -0.4 is 5.73 Å². The molecule has 20 heavy (non-hydrogen) atoms. The second kappa shape index (κ2) is 8.53. The molecule has 4 heteroatoms. The molecule has 0 saturated heterocycles. The minimum absolute atomic E-state index is 0.158. The lowest BCUT2D eigenvalue weighted by Crippen LogP contribution is -2.16. The first kappa shape index (κ1) is 17.3. The third kappa shape index (κ3) is 6.14. The van der Waals surface area contributed by atoms with E-state index in [2.05, 4.69) is 29.8 Å². The normalized spacial score (nSPS) is 12.7. The van der Waals surface area contributed by atoms with Crippen molar-refractivity contribution in [1.29, 1.82) is 0 Å². The van der Waals surface area contributed by atoms with Crippen LogP contribution in [-0.2, 0) is 11.2 Å². The third-order valence-electron chi connectivity index (χ3n) is 3.60. The molecule has 0 fully saturated rings. The average molecular weight is 344 g/mol. The summed E-state index contributed by atoms with van der Waals surface area (Å²) in [4.78, 5) is 12.0. The summed E-state index contributed by atoms with van der Waals surface area (Å²) in [6.45, 7) is 4.98. The van der Waals surface area contributed by atoms with Crippen molar-refractivity contribution >= 4 is 21.7 Å². The minimum atomic E-state index is -0.314. The van der Waals surface area contributed by atoms with Crippen LogP contribution in [0.15, 0.2) is 22.7 Å². The quantitative estimate of drug-likeness (QED) is 0.772. The number of hydrogen-bond donors (Lipinski definition) is 1. The fourth-order valence-electron chi connectivity index (χ4n) is 2.40. The SMILES string of the molecule is CC(C)C(CCN)CCC(=O)Cc1cc(F)cc(Br)c1. The Hall–Kier alpha value is -0.740. The molecule has 1 atom stereocenters. The summed E-state index contributed by atoms with van der Waals surface area (Å²) < 4.78 is 13.9. The van der Waals surface area contributed by atoms with E-state index in [-0.39, 0.29) is 11.6 Å². The molecular formula is C16H23BrFNO. The van der Waals surface area contributed by atoms with Gasteiger partial charge in [0.1, 0.15) is 11.6 Å².